The number of aliphatic hydroxyl groups is 1. The van der Waals surface area contributed by atoms with Crippen molar-refractivity contribution in [1.29, 1.82) is 0 Å². The molecule has 0 saturated heterocycles. The van der Waals surface area contributed by atoms with Gasteiger partial charge in [0.05, 0.1) is 6.61 Å². The van der Waals surface area contributed by atoms with Crippen molar-refractivity contribution >= 4 is 11.9 Å². The van der Waals surface area contributed by atoms with Crippen LogP contribution in [0, 0.1) is 0 Å². The van der Waals surface area contributed by atoms with Crippen molar-refractivity contribution < 1.29 is 24.2 Å². The van der Waals surface area contributed by atoms with E-state index in [1.54, 1.807) is 0 Å². The van der Waals surface area contributed by atoms with E-state index < -0.39 is 6.10 Å². The minimum atomic E-state index is -0.809. The predicted molar refractivity (Wildman–Crippen MR) is 287 cm³/mol. The van der Waals surface area contributed by atoms with Crippen LogP contribution in [0.15, 0.2) is 146 Å². The summed E-state index contributed by atoms with van der Waals surface area (Å²) in [5.41, 5.74) is 0. The first-order valence-corrected chi connectivity index (χ1v) is 26.4. The number of allylic oxidation sites excluding steroid dienone is 24. The van der Waals surface area contributed by atoms with Gasteiger partial charge >= 0.3 is 11.9 Å². The molecule has 0 saturated carbocycles. The first-order chi connectivity index (χ1) is 32.6. The molecule has 1 unspecified atom stereocenters. The minimum absolute atomic E-state index is 0.111. The van der Waals surface area contributed by atoms with Gasteiger partial charge in [-0.1, -0.05) is 237 Å². The molecule has 0 radical (unpaired) electrons. The van der Waals surface area contributed by atoms with Crippen LogP contribution in [-0.2, 0) is 19.1 Å². The number of unbranched alkanes of at least 4 members (excludes halogenated alkanes) is 14. The van der Waals surface area contributed by atoms with E-state index in [1.165, 1.54) is 77.0 Å². The molecule has 370 valence electrons. The van der Waals surface area contributed by atoms with E-state index in [0.29, 0.717) is 12.8 Å². The summed E-state index contributed by atoms with van der Waals surface area (Å²) in [5.74, 6) is -0.695. The van der Waals surface area contributed by atoms with Gasteiger partial charge in [0.1, 0.15) is 6.61 Å². The molecular formula is C61H96O5. The van der Waals surface area contributed by atoms with Crippen LogP contribution >= 0.6 is 0 Å². The Hall–Kier alpha value is -4.22. The molecule has 5 heteroatoms. The summed E-state index contributed by atoms with van der Waals surface area (Å²) >= 11 is 0. The monoisotopic (exact) mass is 909 g/mol. The first kappa shape index (κ1) is 61.8. The number of hydrogen-bond donors (Lipinski definition) is 1. The summed E-state index contributed by atoms with van der Waals surface area (Å²) in [6.07, 6.45) is 84.0. The van der Waals surface area contributed by atoms with E-state index in [-0.39, 0.29) is 31.6 Å². The highest BCUT2D eigenvalue weighted by atomic mass is 16.6. The quantitative estimate of drug-likeness (QED) is 0.0374. The predicted octanol–water partition coefficient (Wildman–Crippen LogP) is 17.9. The lowest BCUT2D eigenvalue weighted by atomic mass is 10.0. The van der Waals surface area contributed by atoms with Crippen molar-refractivity contribution in [3.05, 3.63) is 146 Å². The molecule has 66 heavy (non-hydrogen) atoms. The Morgan fingerprint density at radius 1 is 0.348 bits per heavy atom. The summed E-state index contributed by atoms with van der Waals surface area (Å²) in [6, 6.07) is 0. The summed E-state index contributed by atoms with van der Waals surface area (Å²) in [5, 5.41) is 9.59. The van der Waals surface area contributed by atoms with Crippen LogP contribution in [0.2, 0.25) is 0 Å². The molecule has 0 aromatic rings. The third-order valence-corrected chi connectivity index (χ3v) is 10.6. The van der Waals surface area contributed by atoms with E-state index >= 15 is 0 Å². The van der Waals surface area contributed by atoms with Crippen LogP contribution in [0.4, 0.5) is 0 Å². The number of carbonyl (C=O) groups excluding carboxylic acids is 2. The molecule has 0 aliphatic rings. The van der Waals surface area contributed by atoms with Gasteiger partial charge in [-0.05, 0) is 103 Å². The number of aliphatic hydroxyl groups excluding tert-OH is 1. The zero-order valence-corrected chi connectivity index (χ0v) is 42.1. The van der Waals surface area contributed by atoms with Crippen LogP contribution < -0.4 is 0 Å². The van der Waals surface area contributed by atoms with Crippen LogP contribution in [0.25, 0.3) is 0 Å². The Balaban J connectivity index is 3.57. The third-order valence-electron chi connectivity index (χ3n) is 10.6. The van der Waals surface area contributed by atoms with Gasteiger partial charge in [0.25, 0.3) is 0 Å². The molecule has 0 aromatic heterocycles. The van der Waals surface area contributed by atoms with Crippen molar-refractivity contribution in [2.75, 3.05) is 13.2 Å². The SMILES string of the molecule is CC/C=C\C/C=C\C/C=C\C/C=C\C/C=C\C/C=C\C/C=C\C/C=C\CCCCCCCCCCCCCCCCC(=O)OC(CO)COC(=O)CC/C=C\C/C=C\C/C=C\C/C=C\CC. The highest BCUT2D eigenvalue weighted by Crippen LogP contribution is 2.14. The van der Waals surface area contributed by atoms with E-state index in [0.717, 1.165) is 96.3 Å². The van der Waals surface area contributed by atoms with E-state index in [1.807, 2.05) is 12.2 Å². The number of carbonyl (C=O) groups is 2. The number of hydrogen-bond acceptors (Lipinski definition) is 5. The van der Waals surface area contributed by atoms with Gasteiger partial charge in [-0.2, -0.15) is 0 Å². The summed E-state index contributed by atoms with van der Waals surface area (Å²) < 4.78 is 10.6. The molecule has 0 spiro atoms. The Morgan fingerprint density at radius 3 is 0.970 bits per heavy atom. The van der Waals surface area contributed by atoms with E-state index in [9.17, 15) is 14.7 Å². The Kier molecular flexibility index (Phi) is 51.6. The van der Waals surface area contributed by atoms with Gasteiger partial charge in [0.15, 0.2) is 6.10 Å². The van der Waals surface area contributed by atoms with E-state index in [2.05, 4.69) is 148 Å². The van der Waals surface area contributed by atoms with Crippen molar-refractivity contribution in [3.63, 3.8) is 0 Å². The summed E-state index contributed by atoms with van der Waals surface area (Å²) in [6.45, 7) is 3.83. The van der Waals surface area contributed by atoms with Crippen molar-refractivity contribution in [1.82, 2.24) is 0 Å². The third kappa shape index (κ3) is 52.4. The zero-order chi connectivity index (χ0) is 47.7. The number of esters is 2. The fourth-order valence-electron chi connectivity index (χ4n) is 6.76. The van der Waals surface area contributed by atoms with Crippen molar-refractivity contribution in [3.8, 4) is 0 Å². The lowest BCUT2D eigenvalue weighted by Crippen LogP contribution is -2.28. The molecule has 5 nitrogen and oxygen atoms in total. The summed E-state index contributed by atoms with van der Waals surface area (Å²) in [4.78, 5) is 24.3. The normalized spacial score (nSPS) is 13.4. The molecule has 0 aliphatic carbocycles. The highest BCUT2D eigenvalue weighted by molar-refractivity contribution is 5.70. The Bertz CT molecular complexity index is 1450. The molecule has 0 fully saturated rings. The number of rotatable bonds is 46. The maximum atomic E-state index is 12.3. The molecule has 0 rings (SSSR count). The van der Waals surface area contributed by atoms with Gasteiger partial charge in [0.2, 0.25) is 0 Å². The van der Waals surface area contributed by atoms with Gasteiger partial charge in [-0.3, -0.25) is 9.59 Å². The zero-order valence-electron chi connectivity index (χ0n) is 42.1. The van der Waals surface area contributed by atoms with Gasteiger partial charge in [0, 0.05) is 12.8 Å². The largest absolute Gasteiger partial charge is 0.462 e. The molecule has 1 atom stereocenters. The second-order valence-electron chi connectivity index (χ2n) is 16.8. The van der Waals surface area contributed by atoms with Crippen molar-refractivity contribution in [2.45, 2.75) is 213 Å². The van der Waals surface area contributed by atoms with Gasteiger partial charge in [-0.25, -0.2) is 0 Å². The van der Waals surface area contributed by atoms with Crippen LogP contribution in [0.5, 0.6) is 0 Å². The van der Waals surface area contributed by atoms with Gasteiger partial charge in [-0.15, -0.1) is 0 Å². The Morgan fingerprint density at radius 2 is 0.636 bits per heavy atom. The maximum Gasteiger partial charge on any atom is 0.306 e. The van der Waals surface area contributed by atoms with Crippen LogP contribution in [0.3, 0.4) is 0 Å². The second kappa shape index (κ2) is 55.1. The number of ether oxygens (including phenoxy) is 2. The second-order valence-corrected chi connectivity index (χ2v) is 16.8. The highest BCUT2D eigenvalue weighted by Gasteiger charge is 2.16. The van der Waals surface area contributed by atoms with E-state index in [4.69, 9.17) is 9.47 Å². The van der Waals surface area contributed by atoms with Gasteiger partial charge < -0.3 is 14.6 Å². The van der Waals surface area contributed by atoms with Crippen LogP contribution in [0.1, 0.15) is 206 Å². The van der Waals surface area contributed by atoms with Crippen molar-refractivity contribution in [2.24, 2.45) is 0 Å². The Labute approximate surface area is 406 Å². The topological polar surface area (TPSA) is 72.8 Å². The lowest BCUT2D eigenvalue weighted by Gasteiger charge is -2.15. The average Bonchev–Trinajstić information content (AvgIpc) is 3.32. The molecule has 0 bridgehead atoms. The molecule has 0 aromatic carbocycles. The fraction of sp³-hybridized carbons (Fsp3) is 0.574. The molecule has 0 aliphatic heterocycles. The standard InChI is InChI=1S/C61H96O5/c1-3-5-7-9-11-13-15-17-18-19-20-21-22-23-24-25-26-27-28-29-30-31-32-33-34-35-36-37-38-39-40-41-42-44-46-48-50-52-54-56-61(64)66-59(57-62)58-65-60(63)55-53-51-49-47-45-43-16-14-12-10-8-6-4-2/h5-8,11-14,17-18,20-21,23-24,26-27,29-30,32-33,43,45,49,51,59,62H,3-4,9-10,15-16,19,22,25,28,31,34-42,44,46-48,50,52-58H2,1-2H3/b7-5-,8-6-,13-11-,14-12-,18-17-,21-20-,24-23-,27-26-,30-29-,33-32-,45-43-,51-49-. The smallest absolute Gasteiger partial charge is 0.306 e. The summed E-state index contributed by atoms with van der Waals surface area (Å²) in [7, 11) is 0. The lowest BCUT2D eigenvalue weighted by molar-refractivity contribution is -0.161. The molecule has 0 heterocycles. The molecular weight excluding hydrogens is 813 g/mol. The minimum Gasteiger partial charge on any atom is -0.462 e. The average molecular weight is 909 g/mol. The maximum absolute atomic E-state index is 12.3. The van der Waals surface area contributed by atoms with Crippen LogP contribution in [-0.4, -0.2) is 36.4 Å². The fourth-order valence-corrected chi connectivity index (χ4v) is 6.76. The first-order valence-electron chi connectivity index (χ1n) is 26.4. The molecule has 0 amide bonds. The molecule has 1 N–H and O–H groups in total.